The predicted molar refractivity (Wildman–Crippen MR) is 87.8 cm³/mol. The van der Waals surface area contributed by atoms with E-state index >= 15 is 0 Å². The van der Waals surface area contributed by atoms with Gasteiger partial charge in [0.05, 0.1) is 11.6 Å². The highest BCUT2D eigenvalue weighted by Gasteiger charge is 2.14. The number of halogens is 1. The van der Waals surface area contributed by atoms with Crippen LogP contribution in [0.3, 0.4) is 0 Å². The lowest BCUT2D eigenvalue weighted by Crippen LogP contribution is -2.44. The topological polar surface area (TPSA) is 24.5 Å². The standard InChI is InChI=1S/C16H25BrN2O/c1-12(2)14-10-13(16(20-3)15(17)11-14)4-7-19-8-5-18-6-9-19/h10-12,18H,4-9H2,1-3H3. The largest absolute Gasteiger partial charge is 0.495 e. The summed E-state index contributed by atoms with van der Waals surface area (Å²) in [5, 5.41) is 3.39. The Morgan fingerprint density at radius 1 is 1.30 bits per heavy atom. The molecule has 2 rings (SSSR count). The maximum Gasteiger partial charge on any atom is 0.136 e. The van der Waals surface area contributed by atoms with E-state index in [-0.39, 0.29) is 0 Å². The fourth-order valence-corrected chi connectivity index (χ4v) is 3.32. The maximum atomic E-state index is 5.57. The van der Waals surface area contributed by atoms with Crippen molar-refractivity contribution in [2.45, 2.75) is 26.2 Å². The minimum absolute atomic E-state index is 0.537. The summed E-state index contributed by atoms with van der Waals surface area (Å²) in [7, 11) is 1.75. The van der Waals surface area contributed by atoms with Crippen LogP contribution in [0.4, 0.5) is 0 Å². The number of benzene rings is 1. The van der Waals surface area contributed by atoms with Gasteiger partial charge in [0.25, 0.3) is 0 Å². The summed E-state index contributed by atoms with van der Waals surface area (Å²) in [6.45, 7) is 10.1. The molecule has 0 saturated carbocycles. The molecule has 4 heteroatoms. The van der Waals surface area contributed by atoms with Crippen molar-refractivity contribution in [3.8, 4) is 5.75 Å². The molecule has 0 bridgehead atoms. The molecule has 0 unspecified atom stereocenters. The fourth-order valence-electron chi connectivity index (χ4n) is 2.63. The van der Waals surface area contributed by atoms with Crippen LogP contribution in [0.5, 0.6) is 5.75 Å². The first kappa shape index (κ1) is 15.8. The second-order valence-electron chi connectivity index (χ2n) is 5.69. The Balaban J connectivity index is 2.11. The SMILES string of the molecule is COc1c(Br)cc(C(C)C)cc1CCN1CCNCC1. The number of rotatable bonds is 5. The molecule has 20 heavy (non-hydrogen) atoms. The third kappa shape index (κ3) is 3.96. The lowest BCUT2D eigenvalue weighted by molar-refractivity contribution is 0.243. The third-order valence-corrected chi connectivity index (χ3v) is 4.51. The molecule has 112 valence electrons. The molecule has 1 saturated heterocycles. The molecule has 0 radical (unpaired) electrons. The highest BCUT2D eigenvalue weighted by atomic mass is 79.9. The van der Waals surface area contributed by atoms with Gasteiger partial charge < -0.3 is 15.0 Å². The van der Waals surface area contributed by atoms with E-state index in [2.05, 4.69) is 52.1 Å². The molecule has 0 aliphatic carbocycles. The van der Waals surface area contributed by atoms with Crippen molar-refractivity contribution in [2.75, 3.05) is 39.8 Å². The third-order valence-electron chi connectivity index (χ3n) is 3.92. The molecule has 0 atom stereocenters. The van der Waals surface area contributed by atoms with Crippen molar-refractivity contribution in [2.24, 2.45) is 0 Å². The van der Waals surface area contributed by atoms with Crippen LogP contribution in [0.2, 0.25) is 0 Å². The molecule has 1 aromatic carbocycles. The Hall–Kier alpha value is -0.580. The molecule has 0 amide bonds. The van der Waals surface area contributed by atoms with Crippen LogP contribution in [0.25, 0.3) is 0 Å². The smallest absolute Gasteiger partial charge is 0.136 e. The van der Waals surface area contributed by atoms with Crippen LogP contribution in [0.15, 0.2) is 16.6 Å². The summed E-state index contributed by atoms with van der Waals surface area (Å²) in [5.74, 6) is 1.53. The van der Waals surface area contributed by atoms with Gasteiger partial charge in [-0.15, -0.1) is 0 Å². The van der Waals surface area contributed by atoms with Gasteiger partial charge in [0.15, 0.2) is 0 Å². The fraction of sp³-hybridized carbons (Fsp3) is 0.625. The van der Waals surface area contributed by atoms with Gasteiger partial charge in [-0.25, -0.2) is 0 Å². The molecular weight excluding hydrogens is 316 g/mol. The van der Waals surface area contributed by atoms with Crippen LogP contribution in [-0.4, -0.2) is 44.7 Å². The van der Waals surface area contributed by atoms with Crippen molar-refractivity contribution in [3.05, 3.63) is 27.7 Å². The number of nitrogens with one attached hydrogen (secondary N) is 1. The van der Waals surface area contributed by atoms with E-state index in [1.807, 2.05) is 0 Å². The predicted octanol–water partition coefficient (Wildman–Crippen LogP) is 3.03. The van der Waals surface area contributed by atoms with Gasteiger partial charge in [-0.3, -0.25) is 0 Å². The lowest BCUT2D eigenvalue weighted by Gasteiger charge is -2.27. The van der Waals surface area contributed by atoms with Gasteiger partial charge >= 0.3 is 0 Å². The molecule has 0 aromatic heterocycles. The van der Waals surface area contributed by atoms with Crippen molar-refractivity contribution < 1.29 is 4.74 Å². The van der Waals surface area contributed by atoms with Gasteiger partial charge in [0, 0.05) is 32.7 Å². The Morgan fingerprint density at radius 3 is 2.60 bits per heavy atom. The number of methoxy groups -OCH3 is 1. The normalized spacial score (nSPS) is 16.6. The summed E-state index contributed by atoms with van der Waals surface area (Å²) < 4.78 is 6.64. The molecule has 1 N–H and O–H groups in total. The molecule has 1 aromatic rings. The monoisotopic (exact) mass is 340 g/mol. The molecule has 1 heterocycles. The van der Waals surface area contributed by atoms with Crippen molar-refractivity contribution in [3.63, 3.8) is 0 Å². The average Bonchev–Trinajstić information content (AvgIpc) is 2.45. The first-order chi connectivity index (χ1) is 9.61. The highest BCUT2D eigenvalue weighted by molar-refractivity contribution is 9.10. The minimum Gasteiger partial charge on any atom is -0.495 e. The van der Waals surface area contributed by atoms with E-state index in [0.717, 1.165) is 49.4 Å². The zero-order chi connectivity index (χ0) is 14.5. The molecular formula is C16H25BrN2O. The van der Waals surface area contributed by atoms with Crippen molar-refractivity contribution in [1.82, 2.24) is 10.2 Å². The maximum absolute atomic E-state index is 5.57. The van der Waals surface area contributed by atoms with Crippen LogP contribution in [0, 0.1) is 0 Å². The van der Waals surface area contributed by atoms with E-state index in [0.29, 0.717) is 5.92 Å². The van der Waals surface area contributed by atoms with Crippen LogP contribution in [-0.2, 0) is 6.42 Å². The number of nitrogens with zero attached hydrogens (tertiary/aromatic N) is 1. The summed E-state index contributed by atoms with van der Waals surface area (Å²) in [6.07, 6.45) is 1.04. The molecule has 1 aliphatic rings. The first-order valence-electron chi connectivity index (χ1n) is 7.41. The Kier molecular flexibility index (Phi) is 5.87. The van der Waals surface area contributed by atoms with Crippen molar-refractivity contribution in [1.29, 1.82) is 0 Å². The molecule has 0 spiro atoms. The van der Waals surface area contributed by atoms with Gasteiger partial charge in [-0.05, 0) is 45.5 Å². The van der Waals surface area contributed by atoms with Gasteiger partial charge in [0.1, 0.15) is 5.75 Å². The van der Waals surface area contributed by atoms with Crippen LogP contribution in [0.1, 0.15) is 30.9 Å². The Labute approximate surface area is 130 Å². The van der Waals surface area contributed by atoms with E-state index in [1.54, 1.807) is 7.11 Å². The summed E-state index contributed by atoms with van der Waals surface area (Å²) >= 11 is 3.64. The van der Waals surface area contributed by atoms with Gasteiger partial charge in [0.2, 0.25) is 0 Å². The van der Waals surface area contributed by atoms with E-state index in [4.69, 9.17) is 4.74 Å². The summed E-state index contributed by atoms with van der Waals surface area (Å²) in [5.41, 5.74) is 2.68. The number of hydrogen-bond donors (Lipinski definition) is 1. The zero-order valence-electron chi connectivity index (χ0n) is 12.7. The van der Waals surface area contributed by atoms with E-state index < -0.39 is 0 Å². The number of hydrogen-bond acceptors (Lipinski definition) is 3. The zero-order valence-corrected chi connectivity index (χ0v) is 14.3. The van der Waals surface area contributed by atoms with Crippen LogP contribution < -0.4 is 10.1 Å². The second-order valence-corrected chi connectivity index (χ2v) is 6.55. The minimum atomic E-state index is 0.537. The Bertz CT molecular complexity index is 442. The summed E-state index contributed by atoms with van der Waals surface area (Å²) in [4.78, 5) is 2.52. The van der Waals surface area contributed by atoms with Crippen LogP contribution >= 0.6 is 15.9 Å². The lowest BCUT2D eigenvalue weighted by atomic mass is 9.98. The number of ether oxygens (including phenoxy) is 1. The highest BCUT2D eigenvalue weighted by Crippen LogP contribution is 2.33. The second kappa shape index (κ2) is 7.43. The molecule has 1 fully saturated rings. The first-order valence-corrected chi connectivity index (χ1v) is 8.20. The average molecular weight is 341 g/mol. The van der Waals surface area contributed by atoms with E-state index in [9.17, 15) is 0 Å². The summed E-state index contributed by atoms with van der Waals surface area (Å²) in [6, 6.07) is 4.48. The molecule has 1 aliphatic heterocycles. The van der Waals surface area contributed by atoms with Crippen molar-refractivity contribution >= 4 is 15.9 Å². The van der Waals surface area contributed by atoms with E-state index in [1.165, 1.54) is 11.1 Å². The van der Waals surface area contributed by atoms with Gasteiger partial charge in [-0.2, -0.15) is 0 Å². The molecule has 3 nitrogen and oxygen atoms in total. The Morgan fingerprint density at radius 2 is 2.00 bits per heavy atom. The quantitative estimate of drug-likeness (QED) is 0.891. The van der Waals surface area contributed by atoms with Gasteiger partial charge in [-0.1, -0.05) is 19.9 Å². The number of piperazine rings is 1.